The lowest BCUT2D eigenvalue weighted by Gasteiger charge is -2.20. The van der Waals surface area contributed by atoms with Gasteiger partial charge in [0.1, 0.15) is 0 Å². The zero-order chi connectivity index (χ0) is 13.1. The van der Waals surface area contributed by atoms with Crippen LogP contribution in [0.15, 0.2) is 0 Å². The van der Waals surface area contributed by atoms with Gasteiger partial charge in [-0.3, -0.25) is 4.79 Å². The molecule has 1 unspecified atom stereocenters. The van der Waals surface area contributed by atoms with Gasteiger partial charge in [-0.1, -0.05) is 12.8 Å². The summed E-state index contributed by atoms with van der Waals surface area (Å²) in [4.78, 5) is 10.4. The number of hydrogen-bond acceptors (Lipinski definition) is 3. The van der Waals surface area contributed by atoms with E-state index in [1.54, 1.807) is 0 Å². The molecule has 0 spiro atoms. The molecule has 6 nitrogen and oxygen atoms in total. The van der Waals surface area contributed by atoms with E-state index in [0.29, 0.717) is 5.92 Å². The van der Waals surface area contributed by atoms with E-state index < -0.39 is 16.2 Å². The van der Waals surface area contributed by atoms with Gasteiger partial charge in [-0.05, 0) is 19.3 Å². The number of carboxylic acids is 1. The third kappa shape index (κ3) is 5.47. The molecule has 2 N–H and O–H groups in total. The Morgan fingerprint density at radius 2 is 2.12 bits per heavy atom. The molecule has 0 amide bonds. The molecule has 0 aromatic heterocycles. The summed E-state index contributed by atoms with van der Waals surface area (Å²) in [6.07, 6.45) is 3.03. The number of rotatable bonds is 8. The average molecular weight is 264 g/mol. The molecular formula is C10H20N2O4S. The highest BCUT2D eigenvalue weighted by atomic mass is 32.2. The van der Waals surface area contributed by atoms with Crippen LogP contribution in [0.5, 0.6) is 0 Å². The predicted octanol–water partition coefficient (Wildman–Crippen LogP) is 0.416. The Morgan fingerprint density at radius 1 is 1.53 bits per heavy atom. The lowest BCUT2D eigenvalue weighted by atomic mass is 10.2. The number of nitrogens with one attached hydrogen (secondary N) is 1. The minimum Gasteiger partial charge on any atom is -0.481 e. The molecule has 0 aliphatic heterocycles. The van der Waals surface area contributed by atoms with Gasteiger partial charge in [0.25, 0.3) is 10.2 Å². The Morgan fingerprint density at radius 3 is 2.59 bits per heavy atom. The zero-order valence-corrected chi connectivity index (χ0v) is 11.0. The first-order valence-electron chi connectivity index (χ1n) is 5.76. The molecule has 100 valence electrons. The van der Waals surface area contributed by atoms with Crippen molar-refractivity contribution in [2.75, 3.05) is 13.6 Å². The monoisotopic (exact) mass is 264 g/mol. The van der Waals surface area contributed by atoms with Crippen molar-refractivity contribution in [1.29, 1.82) is 0 Å². The normalized spacial score (nSPS) is 18.3. The van der Waals surface area contributed by atoms with Gasteiger partial charge in [-0.15, -0.1) is 0 Å². The summed E-state index contributed by atoms with van der Waals surface area (Å²) in [6, 6.07) is -0.0974. The Bertz CT molecular complexity index is 365. The van der Waals surface area contributed by atoms with Crippen LogP contribution in [0.25, 0.3) is 0 Å². The molecule has 0 aromatic rings. The van der Waals surface area contributed by atoms with Gasteiger partial charge in [0.05, 0.1) is 6.42 Å². The van der Waals surface area contributed by atoms with E-state index in [1.165, 1.54) is 19.9 Å². The molecule has 0 heterocycles. The minimum atomic E-state index is -3.55. The van der Waals surface area contributed by atoms with Crippen LogP contribution < -0.4 is 4.72 Å². The predicted molar refractivity (Wildman–Crippen MR) is 63.7 cm³/mol. The van der Waals surface area contributed by atoms with E-state index in [9.17, 15) is 13.2 Å². The summed E-state index contributed by atoms with van der Waals surface area (Å²) in [7, 11) is -2.17. The zero-order valence-electron chi connectivity index (χ0n) is 10.2. The number of nitrogens with zero attached hydrogens (tertiary/aromatic N) is 1. The minimum absolute atomic E-state index is 0.0131. The van der Waals surface area contributed by atoms with Crippen molar-refractivity contribution in [1.82, 2.24) is 9.03 Å². The Labute approximate surface area is 102 Å². The van der Waals surface area contributed by atoms with Crippen LogP contribution in [0.2, 0.25) is 0 Å². The van der Waals surface area contributed by atoms with Gasteiger partial charge in [-0.2, -0.15) is 17.4 Å². The van der Waals surface area contributed by atoms with Crippen molar-refractivity contribution in [3.63, 3.8) is 0 Å². The van der Waals surface area contributed by atoms with Crippen LogP contribution >= 0.6 is 0 Å². The van der Waals surface area contributed by atoms with Crippen LogP contribution in [-0.4, -0.2) is 43.4 Å². The van der Waals surface area contributed by atoms with Crippen molar-refractivity contribution >= 4 is 16.2 Å². The third-order valence-corrected chi connectivity index (χ3v) is 4.49. The molecular weight excluding hydrogens is 244 g/mol. The maximum absolute atomic E-state index is 11.8. The van der Waals surface area contributed by atoms with Crippen molar-refractivity contribution in [3.05, 3.63) is 0 Å². The van der Waals surface area contributed by atoms with E-state index in [2.05, 4.69) is 4.72 Å². The second kappa shape index (κ2) is 5.79. The summed E-state index contributed by atoms with van der Waals surface area (Å²) in [5, 5.41) is 8.50. The third-order valence-electron chi connectivity index (χ3n) is 2.78. The van der Waals surface area contributed by atoms with E-state index >= 15 is 0 Å². The average Bonchev–Trinajstić information content (AvgIpc) is 2.96. The molecule has 1 aliphatic carbocycles. The molecule has 0 radical (unpaired) electrons. The molecule has 0 aromatic carbocycles. The van der Waals surface area contributed by atoms with Crippen molar-refractivity contribution in [2.45, 2.75) is 38.6 Å². The second-order valence-electron chi connectivity index (χ2n) is 4.67. The molecule has 1 aliphatic rings. The number of carbonyl (C=O) groups is 1. The van der Waals surface area contributed by atoms with Crippen molar-refractivity contribution in [3.8, 4) is 0 Å². The van der Waals surface area contributed by atoms with Gasteiger partial charge in [-0.25, -0.2) is 0 Å². The van der Waals surface area contributed by atoms with E-state index in [0.717, 1.165) is 10.7 Å². The van der Waals surface area contributed by atoms with Crippen molar-refractivity contribution < 1.29 is 18.3 Å². The summed E-state index contributed by atoms with van der Waals surface area (Å²) >= 11 is 0. The first-order valence-corrected chi connectivity index (χ1v) is 7.20. The smallest absolute Gasteiger partial charge is 0.304 e. The molecule has 1 atom stereocenters. The van der Waals surface area contributed by atoms with Gasteiger partial charge in [0.2, 0.25) is 0 Å². The topological polar surface area (TPSA) is 86.7 Å². The molecule has 1 rings (SSSR count). The van der Waals surface area contributed by atoms with Gasteiger partial charge >= 0.3 is 5.97 Å². The quantitative estimate of drug-likeness (QED) is 0.665. The lowest BCUT2D eigenvalue weighted by Crippen LogP contribution is -2.43. The fraction of sp³-hybridized carbons (Fsp3) is 0.900. The van der Waals surface area contributed by atoms with Crippen LogP contribution in [0, 0.1) is 5.92 Å². The van der Waals surface area contributed by atoms with E-state index in [-0.39, 0.29) is 19.0 Å². The summed E-state index contributed by atoms with van der Waals surface area (Å²) in [6.45, 7) is 1.82. The van der Waals surface area contributed by atoms with E-state index in [1.807, 2.05) is 6.92 Å². The maximum atomic E-state index is 11.8. The molecule has 17 heavy (non-hydrogen) atoms. The highest BCUT2D eigenvalue weighted by Gasteiger charge is 2.27. The molecule has 1 saturated carbocycles. The first kappa shape index (κ1) is 14.4. The molecule has 0 bridgehead atoms. The summed E-state index contributed by atoms with van der Waals surface area (Å²) in [5.41, 5.74) is 0. The number of carboxylic acid groups (broad SMARTS) is 1. The number of hydrogen-bond donors (Lipinski definition) is 2. The summed E-state index contributed by atoms with van der Waals surface area (Å²) < 4.78 is 27.2. The first-order chi connectivity index (χ1) is 7.81. The van der Waals surface area contributed by atoms with Crippen LogP contribution in [0.4, 0.5) is 0 Å². The second-order valence-corrected chi connectivity index (χ2v) is 6.48. The lowest BCUT2D eigenvalue weighted by molar-refractivity contribution is -0.137. The van der Waals surface area contributed by atoms with E-state index in [4.69, 9.17) is 5.11 Å². The standard InChI is InChI=1S/C10H20N2O4S/c1-8(7-9-3-4-9)11-17(15,16)12(2)6-5-10(13)14/h8-9,11H,3-7H2,1-2H3,(H,13,14). The van der Waals surface area contributed by atoms with Crippen LogP contribution in [-0.2, 0) is 15.0 Å². The molecule has 7 heteroatoms. The van der Waals surface area contributed by atoms with Crippen LogP contribution in [0.3, 0.4) is 0 Å². The van der Waals surface area contributed by atoms with Gasteiger partial charge in [0.15, 0.2) is 0 Å². The molecule has 0 saturated heterocycles. The highest BCUT2D eigenvalue weighted by Crippen LogP contribution is 2.33. The molecule has 1 fully saturated rings. The fourth-order valence-corrected chi connectivity index (χ4v) is 2.74. The van der Waals surface area contributed by atoms with Gasteiger partial charge in [0, 0.05) is 19.6 Å². The van der Waals surface area contributed by atoms with Gasteiger partial charge < -0.3 is 5.11 Å². The maximum Gasteiger partial charge on any atom is 0.304 e. The Balaban J connectivity index is 2.39. The highest BCUT2D eigenvalue weighted by molar-refractivity contribution is 7.87. The Kier molecular flexibility index (Phi) is 4.91. The largest absolute Gasteiger partial charge is 0.481 e. The van der Waals surface area contributed by atoms with Crippen molar-refractivity contribution in [2.24, 2.45) is 5.92 Å². The Hall–Kier alpha value is -0.660. The van der Waals surface area contributed by atoms with Crippen LogP contribution in [0.1, 0.15) is 32.6 Å². The number of aliphatic carboxylic acids is 1. The SMILES string of the molecule is CC(CC1CC1)NS(=O)(=O)N(C)CCC(=O)O. The summed E-state index contributed by atoms with van der Waals surface area (Å²) in [5.74, 6) is -0.352. The fourth-order valence-electron chi connectivity index (χ4n) is 1.62.